The Morgan fingerprint density at radius 2 is 1.69 bits per heavy atom. The van der Waals surface area contributed by atoms with Crippen molar-refractivity contribution in [1.29, 1.82) is 0 Å². The van der Waals surface area contributed by atoms with Gasteiger partial charge in [-0.05, 0) is 49.2 Å². The fourth-order valence-corrected chi connectivity index (χ4v) is 4.99. The number of carbonyl (C=O) groups excluding carboxylic acids is 1. The van der Waals surface area contributed by atoms with Gasteiger partial charge in [0.05, 0.1) is 24.5 Å². The van der Waals surface area contributed by atoms with E-state index >= 15 is 0 Å². The third kappa shape index (κ3) is 6.39. The Balaban J connectivity index is 1.72. The van der Waals surface area contributed by atoms with Crippen LogP contribution in [0.4, 0.5) is 0 Å². The van der Waals surface area contributed by atoms with Crippen molar-refractivity contribution in [2.75, 3.05) is 26.7 Å². The van der Waals surface area contributed by atoms with Gasteiger partial charge in [-0.15, -0.1) is 0 Å². The molecule has 1 aliphatic heterocycles. The maximum Gasteiger partial charge on any atom is 0.337 e. The lowest BCUT2D eigenvalue weighted by Crippen LogP contribution is -2.40. The van der Waals surface area contributed by atoms with Crippen LogP contribution in [0.2, 0.25) is 0 Å². The van der Waals surface area contributed by atoms with Crippen molar-refractivity contribution in [3.05, 3.63) is 71.3 Å². The van der Waals surface area contributed by atoms with E-state index in [0.29, 0.717) is 17.7 Å². The van der Waals surface area contributed by atoms with Crippen LogP contribution in [0.3, 0.4) is 0 Å². The second kappa shape index (κ2) is 10.0. The highest BCUT2D eigenvalue weighted by molar-refractivity contribution is 7.88. The highest BCUT2D eigenvalue weighted by atomic mass is 32.2. The molecule has 0 bridgehead atoms. The van der Waals surface area contributed by atoms with Crippen LogP contribution < -0.4 is 4.72 Å². The van der Waals surface area contributed by atoms with Crippen LogP contribution in [0.5, 0.6) is 0 Å². The van der Waals surface area contributed by atoms with E-state index in [2.05, 4.69) is 14.4 Å². The predicted molar refractivity (Wildman–Crippen MR) is 113 cm³/mol. The SMILES string of the molecule is COC(=O)c1ccc(CS(=O)(=O)NC(CN2CCCCC2)c2ccccc2)cc1. The Kier molecular flexibility index (Phi) is 7.41. The van der Waals surface area contributed by atoms with Gasteiger partial charge >= 0.3 is 5.97 Å². The number of hydrogen-bond donors (Lipinski definition) is 1. The average Bonchev–Trinajstić information content (AvgIpc) is 2.74. The van der Waals surface area contributed by atoms with Crippen molar-refractivity contribution in [2.45, 2.75) is 31.1 Å². The summed E-state index contributed by atoms with van der Waals surface area (Å²) in [6, 6.07) is 15.9. The first-order valence-corrected chi connectivity index (χ1v) is 11.6. The largest absolute Gasteiger partial charge is 0.465 e. The van der Waals surface area contributed by atoms with Gasteiger partial charge in [0, 0.05) is 6.54 Å². The number of methoxy groups -OCH3 is 1. The Hall–Kier alpha value is -2.22. The lowest BCUT2D eigenvalue weighted by molar-refractivity contribution is 0.0600. The lowest BCUT2D eigenvalue weighted by Gasteiger charge is -2.31. The number of ether oxygens (including phenoxy) is 1. The smallest absolute Gasteiger partial charge is 0.337 e. The number of likely N-dealkylation sites (tertiary alicyclic amines) is 1. The van der Waals surface area contributed by atoms with Gasteiger partial charge in [-0.3, -0.25) is 0 Å². The van der Waals surface area contributed by atoms with Crippen molar-refractivity contribution in [2.24, 2.45) is 0 Å². The summed E-state index contributed by atoms with van der Waals surface area (Å²) in [6.45, 7) is 2.66. The molecule has 6 nitrogen and oxygen atoms in total. The molecule has 156 valence electrons. The second-order valence-electron chi connectivity index (χ2n) is 7.39. The van der Waals surface area contributed by atoms with Gasteiger partial charge in [0.2, 0.25) is 10.0 Å². The van der Waals surface area contributed by atoms with Crippen LogP contribution >= 0.6 is 0 Å². The van der Waals surface area contributed by atoms with Crippen LogP contribution in [0.15, 0.2) is 54.6 Å². The molecule has 1 N–H and O–H groups in total. The maximum atomic E-state index is 12.9. The molecular formula is C22H28N2O4S. The minimum atomic E-state index is -3.56. The van der Waals surface area contributed by atoms with E-state index in [0.717, 1.165) is 31.5 Å². The number of benzene rings is 2. The minimum absolute atomic E-state index is 0.141. The Bertz CT molecular complexity index is 892. The summed E-state index contributed by atoms with van der Waals surface area (Å²) < 4.78 is 33.3. The molecule has 2 aromatic carbocycles. The first-order chi connectivity index (χ1) is 14.0. The van der Waals surface area contributed by atoms with Gasteiger partial charge in [-0.25, -0.2) is 17.9 Å². The van der Waals surface area contributed by atoms with Gasteiger partial charge in [-0.2, -0.15) is 0 Å². The van der Waals surface area contributed by atoms with Crippen molar-refractivity contribution in [3.63, 3.8) is 0 Å². The normalized spacial score (nSPS) is 16.3. The van der Waals surface area contributed by atoms with Gasteiger partial charge < -0.3 is 9.64 Å². The molecule has 1 heterocycles. The van der Waals surface area contributed by atoms with Gasteiger partial charge in [0.1, 0.15) is 0 Å². The van der Waals surface area contributed by atoms with Crippen molar-refractivity contribution in [3.8, 4) is 0 Å². The van der Waals surface area contributed by atoms with E-state index in [1.807, 2.05) is 30.3 Å². The van der Waals surface area contributed by atoms with Gasteiger partial charge in [0.15, 0.2) is 0 Å². The Morgan fingerprint density at radius 3 is 2.31 bits per heavy atom. The molecule has 1 fully saturated rings. The van der Waals surface area contributed by atoms with E-state index in [9.17, 15) is 13.2 Å². The standard InChI is InChI=1S/C22H28N2O4S/c1-28-22(25)20-12-10-18(11-13-20)17-29(26,27)23-21(19-8-4-2-5-9-19)16-24-14-6-3-7-15-24/h2,4-5,8-13,21,23H,3,6-7,14-17H2,1H3. The fraction of sp³-hybridized carbons (Fsp3) is 0.409. The van der Waals surface area contributed by atoms with Crippen LogP contribution in [0, 0.1) is 0 Å². The number of esters is 1. The molecule has 3 rings (SSSR count). The molecule has 2 aromatic rings. The summed E-state index contributed by atoms with van der Waals surface area (Å²) >= 11 is 0. The topological polar surface area (TPSA) is 75.7 Å². The number of hydrogen-bond acceptors (Lipinski definition) is 5. The molecule has 1 saturated heterocycles. The number of piperidine rings is 1. The van der Waals surface area contributed by atoms with Crippen LogP contribution in [0.25, 0.3) is 0 Å². The molecule has 1 aliphatic rings. The van der Waals surface area contributed by atoms with Crippen molar-refractivity contribution >= 4 is 16.0 Å². The van der Waals surface area contributed by atoms with E-state index in [1.165, 1.54) is 13.5 Å². The summed E-state index contributed by atoms with van der Waals surface area (Å²) in [4.78, 5) is 13.9. The number of nitrogens with one attached hydrogen (secondary N) is 1. The number of nitrogens with zero attached hydrogens (tertiary/aromatic N) is 1. The summed E-state index contributed by atoms with van der Waals surface area (Å²) in [6.07, 6.45) is 3.54. The molecule has 1 unspecified atom stereocenters. The average molecular weight is 417 g/mol. The van der Waals surface area contributed by atoms with E-state index in [4.69, 9.17) is 0 Å². The molecule has 0 spiro atoms. The zero-order valence-electron chi connectivity index (χ0n) is 16.7. The number of sulfonamides is 1. The molecule has 0 amide bonds. The Morgan fingerprint density at radius 1 is 1.03 bits per heavy atom. The highest BCUT2D eigenvalue weighted by Crippen LogP contribution is 2.20. The third-order valence-electron chi connectivity index (χ3n) is 5.14. The minimum Gasteiger partial charge on any atom is -0.465 e. The first-order valence-electron chi connectivity index (χ1n) is 9.91. The summed E-state index contributed by atoms with van der Waals surface area (Å²) in [5.41, 5.74) is 1.98. The second-order valence-corrected chi connectivity index (χ2v) is 9.14. The first kappa shape index (κ1) is 21.5. The molecule has 29 heavy (non-hydrogen) atoms. The summed E-state index contributed by atoms with van der Waals surface area (Å²) in [5.74, 6) is -0.583. The van der Waals surface area contributed by atoms with E-state index < -0.39 is 16.0 Å². The van der Waals surface area contributed by atoms with E-state index in [1.54, 1.807) is 24.3 Å². The highest BCUT2D eigenvalue weighted by Gasteiger charge is 2.23. The van der Waals surface area contributed by atoms with Crippen LogP contribution in [-0.2, 0) is 20.5 Å². The summed E-state index contributed by atoms with van der Waals surface area (Å²) in [5, 5.41) is 0. The molecule has 0 aliphatic carbocycles. The predicted octanol–water partition coefficient (Wildman–Crippen LogP) is 3.12. The quantitative estimate of drug-likeness (QED) is 0.669. The number of rotatable bonds is 8. The molecule has 1 atom stereocenters. The monoisotopic (exact) mass is 416 g/mol. The fourth-order valence-electron chi connectivity index (χ4n) is 3.63. The van der Waals surface area contributed by atoms with Crippen LogP contribution in [-0.4, -0.2) is 46.0 Å². The van der Waals surface area contributed by atoms with E-state index in [-0.39, 0.29) is 11.8 Å². The van der Waals surface area contributed by atoms with Gasteiger partial charge in [-0.1, -0.05) is 48.9 Å². The zero-order valence-corrected chi connectivity index (χ0v) is 17.5. The van der Waals surface area contributed by atoms with Crippen LogP contribution in [0.1, 0.15) is 46.8 Å². The molecular weight excluding hydrogens is 388 g/mol. The molecule has 7 heteroatoms. The summed E-state index contributed by atoms with van der Waals surface area (Å²) in [7, 11) is -2.25. The van der Waals surface area contributed by atoms with Gasteiger partial charge in [0.25, 0.3) is 0 Å². The maximum absolute atomic E-state index is 12.9. The zero-order chi connectivity index (χ0) is 20.7. The van der Waals surface area contributed by atoms with Crippen molar-refractivity contribution < 1.29 is 17.9 Å². The number of carbonyl (C=O) groups is 1. The Labute approximate surface area is 172 Å². The van der Waals surface area contributed by atoms with Crippen molar-refractivity contribution in [1.82, 2.24) is 9.62 Å². The third-order valence-corrected chi connectivity index (χ3v) is 6.50. The molecule has 0 radical (unpaired) electrons. The molecule has 0 aromatic heterocycles. The molecule has 0 saturated carbocycles. The lowest BCUT2D eigenvalue weighted by atomic mass is 10.1.